The lowest BCUT2D eigenvalue weighted by Crippen LogP contribution is -2.16. The molecule has 5 rings (SSSR count). The van der Waals surface area contributed by atoms with Crippen LogP contribution in [0.1, 0.15) is 72.1 Å². The Morgan fingerprint density at radius 3 is 2.11 bits per heavy atom. The molecular weight excluding hydrogens is 464 g/mol. The van der Waals surface area contributed by atoms with Crippen molar-refractivity contribution in [2.24, 2.45) is 0 Å². The molecule has 2 aromatic heterocycles. The van der Waals surface area contributed by atoms with Gasteiger partial charge in [0.15, 0.2) is 0 Å². The van der Waals surface area contributed by atoms with E-state index in [2.05, 4.69) is 118 Å². The van der Waals surface area contributed by atoms with Gasteiger partial charge in [-0.3, -0.25) is 0 Å². The van der Waals surface area contributed by atoms with Crippen molar-refractivity contribution in [3.63, 3.8) is 0 Å². The molecule has 4 heteroatoms. The highest BCUT2D eigenvalue weighted by Crippen LogP contribution is 2.41. The molecule has 2 nitrogen and oxygen atoms in total. The number of benzene rings is 3. The first kappa shape index (κ1) is 23.8. The van der Waals surface area contributed by atoms with Gasteiger partial charge in [-0.15, -0.1) is 22.7 Å². The van der Waals surface area contributed by atoms with Gasteiger partial charge in [-0.1, -0.05) is 94.4 Å². The topological polar surface area (TPSA) is 24.9 Å². The summed E-state index contributed by atoms with van der Waals surface area (Å²) >= 11 is 3.60. The fourth-order valence-corrected chi connectivity index (χ4v) is 6.77. The SMILES string of the molecule is Cc1sc2ccccc2c1-c1csc(C(Nc2c(C(C)C)cccc2C(C)C)c2ccccc2)n1. The van der Waals surface area contributed by atoms with Crippen molar-refractivity contribution in [3.05, 3.63) is 105 Å². The maximum absolute atomic E-state index is 5.25. The summed E-state index contributed by atoms with van der Waals surface area (Å²) in [7, 11) is 0. The highest BCUT2D eigenvalue weighted by Gasteiger charge is 2.23. The molecule has 3 aromatic carbocycles. The number of nitrogens with zero attached hydrogens (tertiary/aromatic N) is 1. The van der Waals surface area contributed by atoms with Crippen LogP contribution in [0.25, 0.3) is 21.3 Å². The van der Waals surface area contributed by atoms with Crippen molar-refractivity contribution in [2.45, 2.75) is 52.5 Å². The Hall–Kier alpha value is -2.95. The van der Waals surface area contributed by atoms with Crippen molar-refractivity contribution in [3.8, 4) is 11.3 Å². The van der Waals surface area contributed by atoms with Gasteiger partial charge in [-0.05, 0) is 41.5 Å². The Morgan fingerprint density at radius 1 is 0.771 bits per heavy atom. The maximum Gasteiger partial charge on any atom is 0.120 e. The standard InChI is InChI=1S/C31H32N2S2/c1-19(2)23-15-11-16-24(20(3)4)30(23)33-29(22-12-7-6-8-13-22)31-32-26(18-34-31)28-21(5)35-27-17-10-9-14-25(27)28/h6-20,29,33H,1-5H3. The first-order chi connectivity index (χ1) is 16.9. The molecule has 0 radical (unpaired) electrons. The van der Waals surface area contributed by atoms with E-state index in [1.165, 1.54) is 42.9 Å². The average Bonchev–Trinajstić information content (AvgIpc) is 3.46. The van der Waals surface area contributed by atoms with Gasteiger partial charge >= 0.3 is 0 Å². The van der Waals surface area contributed by atoms with E-state index in [1.54, 1.807) is 11.3 Å². The number of nitrogens with one attached hydrogen (secondary N) is 1. The number of para-hydroxylation sites is 1. The fourth-order valence-electron chi connectivity index (χ4n) is 4.82. The van der Waals surface area contributed by atoms with Crippen LogP contribution in [0.5, 0.6) is 0 Å². The average molecular weight is 497 g/mol. The Labute approximate surface area is 216 Å². The van der Waals surface area contributed by atoms with E-state index in [-0.39, 0.29) is 6.04 Å². The normalized spacial score (nSPS) is 12.5. The second-order valence-corrected chi connectivity index (χ2v) is 11.9. The van der Waals surface area contributed by atoms with E-state index in [0.29, 0.717) is 11.8 Å². The summed E-state index contributed by atoms with van der Waals surface area (Å²) in [6, 6.07) is 26.1. The van der Waals surface area contributed by atoms with Crippen LogP contribution in [-0.2, 0) is 0 Å². The second kappa shape index (κ2) is 9.96. The van der Waals surface area contributed by atoms with Gasteiger partial charge in [0.1, 0.15) is 11.0 Å². The highest BCUT2D eigenvalue weighted by atomic mass is 32.1. The third-order valence-electron chi connectivity index (χ3n) is 6.59. The van der Waals surface area contributed by atoms with Crippen LogP contribution in [0.4, 0.5) is 5.69 Å². The highest BCUT2D eigenvalue weighted by molar-refractivity contribution is 7.19. The zero-order valence-electron chi connectivity index (χ0n) is 21.0. The Kier molecular flexibility index (Phi) is 6.77. The zero-order chi connectivity index (χ0) is 24.5. The minimum Gasteiger partial charge on any atom is -0.372 e. The largest absolute Gasteiger partial charge is 0.372 e. The van der Waals surface area contributed by atoms with E-state index in [0.717, 1.165) is 10.7 Å². The minimum atomic E-state index is -0.0162. The molecular formula is C31H32N2S2. The first-order valence-corrected chi connectivity index (χ1v) is 14.0. The van der Waals surface area contributed by atoms with Crippen LogP contribution in [0.3, 0.4) is 0 Å². The van der Waals surface area contributed by atoms with Gasteiger partial charge in [0.25, 0.3) is 0 Å². The third kappa shape index (κ3) is 4.65. The molecule has 0 bridgehead atoms. The third-order valence-corrected chi connectivity index (χ3v) is 8.59. The number of rotatable bonds is 7. The van der Waals surface area contributed by atoms with Crippen molar-refractivity contribution in [1.29, 1.82) is 0 Å². The lowest BCUT2D eigenvalue weighted by atomic mass is 9.92. The van der Waals surface area contributed by atoms with Crippen molar-refractivity contribution in [1.82, 2.24) is 4.98 Å². The molecule has 2 heterocycles. The van der Waals surface area contributed by atoms with Gasteiger partial charge in [-0.25, -0.2) is 4.98 Å². The van der Waals surface area contributed by atoms with E-state index in [9.17, 15) is 0 Å². The number of hydrogen-bond acceptors (Lipinski definition) is 4. The second-order valence-electron chi connectivity index (χ2n) is 9.71. The quantitative estimate of drug-likeness (QED) is 0.242. The van der Waals surface area contributed by atoms with E-state index in [1.807, 2.05) is 11.3 Å². The summed E-state index contributed by atoms with van der Waals surface area (Å²) in [5.74, 6) is 0.860. The summed E-state index contributed by atoms with van der Waals surface area (Å²) in [6.07, 6.45) is 0. The fraction of sp³-hybridized carbons (Fsp3) is 0.258. The van der Waals surface area contributed by atoms with Crippen LogP contribution < -0.4 is 5.32 Å². The van der Waals surface area contributed by atoms with Gasteiger partial charge in [0.05, 0.1) is 5.69 Å². The Morgan fingerprint density at radius 2 is 1.43 bits per heavy atom. The smallest absolute Gasteiger partial charge is 0.120 e. The lowest BCUT2D eigenvalue weighted by Gasteiger charge is -2.26. The summed E-state index contributed by atoms with van der Waals surface area (Å²) < 4.78 is 1.32. The monoisotopic (exact) mass is 496 g/mol. The first-order valence-electron chi connectivity index (χ1n) is 12.3. The van der Waals surface area contributed by atoms with Gasteiger partial charge < -0.3 is 5.32 Å². The molecule has 5 aromatic rings. The van der Waals surface area contributed by atoms with E-state index >= 15 is 0 Å². The van der Waals surface area contributed by atoms with E-state index < -0.39 is 0 Å². The van der Waals surface area contributed by atoms with E-state index in [4.69, 9.17) is 4.98 Å². The van der Waals surface area contributed by atoms with Crippen LogP contribution >= 0.6 is 22.7 Å². The molecule has 0 aliphatic carbocycles. The molecule has 0 saturated heterocycles. The molecule has 0 spiro atoms. The summed E-state index contributed by atoms with van der Waals surface area (Å²) in [4.78, 5) is 6.57. The molecule has 1 atom stereocenters. The lowest BCUT2D eigenvalue weighted by molar-refractivity contribution is 0.820. The Bertz CT molecular complexity index is 1420. The van der Waals surface area contributed by atoms with Gasteiger partial charge in [0.2, 0.25) is 0 Å². The number of thiophene rings is 1. The van der Waals surface area contributed by atoms with Crippen LogP contribution in [0.15, 0.2) is 78.2 Å². The number of hydrogen-bond donors (Lipinski definition) is 1. The number of aromatic nitrogens is 1. The minimum absolute atomic E-state index is 0.0162. The molecule has 178 valence electrons. The summed E-state index contributed by atoms with van der Waals surface area (Å²) in [5.41, 5.74) is 7.53. The molecule has 0 saturated carbocycles. The van der Waals surface area contributed by atoms with Crippen molar-refractivity contribution in [2.75, 3.05) is 5.32 Å². The molecule has 1 unspecified atom stereocenters. The van der Waals surface area contributed by atoms with Crippen molar-refractivity contribution < 1.29 is 0 Å². The molecule has 0 aliphatic heterocycles. The van der Waals surface area contributed by atoms with Crippen LogP contribution in [-0.4, -0.2) is 4.98 Å². The van der Waals surface area contributed by atoms with Crippen molar-refractivity contribution >= 4 is 38.4 Å². The summed E-state index contributed by atoms with van der Waals surface area (Å²) in [5, 5.41) is 8.59. The molecule has 35 heavy (non-hydrogen) atoms. The predicted molar refractivity (Wildman–Crippen MR) is 154 cm³/mol. The Balaban J connectivity index is 1.62. The number of anilines is 1. The molecule has 0 aliphatic rings. The van der Waals surface area contributed by atoms with Gasteiger partial charge in [0, 0.05) is 31.6 Å². The zero-order valence-corrected chi connectivity index (χ0v) is 22.6. The number of aryl methyl sites for hydroxylation is 1. The van der Waals surface area contributed by atoms with Gasteiger partial charge in [-0.2, -0.15) is 0 Å². The predicted octanol–water partition coefficient (Wildman–Crippen LogP) is 9.78. The molecule has 1 N–H and O–H groups in total. The van der Waals surface area contributed by atoms with Crippen LogP contribution in [0.2, 0.25) is 0 Å². The van der Waals surface area contributed by atoms with Crippen LogP contribution in [0, 0.1) is 6.92 Å². The number of fused-ring (bicyclic) bond motifs is 1. The summed E-state index contributed by atoms with van der Waals surface area (Å²) in [6.45, 7) is 11.3. The molecule has 0 fully saturated rings. The maximum atomic E-state index is 5.25. The number of thiazole rings is 1. The molecule has 0 amide bonds.